The van der Waals surface area contributed by atoms with E-state index in [1.54, 1.807) is 24.3 Å². The van der Waals surface area contributed by atoms with Gasteiger partial charge >= 0.3 is 5.97 Å². The summed E-state index contributed by atoms with van der Waals surface area (Å²) in [5.74, 6) is -0.754. The third-order valence-electron chi connectivity index (χ3n) is 3.40. The summed E-state index contributed by atoms with van der Waals surface area (Å²) in [6.07, 6.45) is 0. The molecule has 1 heterocycles. The van der Waals surface area contributed by atoms with Crippen LogP contribution in [0, 0.1) is 6.92 Å². The first-order valence-corrected chi connectivity index (χ1v) is 8.25. The van der Waals surface area contributed by atoms with Gasteiger partial charge in [0, 0.05) is 11.1 Å². The molecule has 0 atom stereocenters. The first kappa shape index (κ1) is 16.1. The van der Waals surface area contributed by atoms with E-state index < -0.39 is 5.97 Å². The predicted octanol–water partition coefficient (Wildman–Crippen LogP) is 4.16. The van der Waals surface area contributed by atoms with E-state index in [4.69, 9.17) is 4.74 Å². The average molecular weight is 337 g/mol. The maximum atomic E-state index is 12.4. The van der Waals surface area contributed by atoms with E-state index in [2.05, 4.69) is 4.98 Å². The molecule has 0 aliphatic rings. The Morgan fingerprint density at radius 1 is 1.00 bits per heavy atom. The minimum Gasteiger partial charge on any atom is -0.453 e. The van der Waals surface area contributed by atoms with Gasteiger partial charge in [0.15, 0.2) is 12.4 Å². The van der Waals surface area contributed by atoms with Crippen LogP contribution in [0.4, 0.5) is 0 Å². The van der Waals surface area contributed by atoms with E-state index in [1.165, 1.54) is 11.3 Å². The van der Waals surface area contributed by atoms with Crippen LogP contribution in [-0.4, -0.2) is 23.3 Å². The molecule has 1 aromatic heterocycles. The summed E-state index contributed by atoms with van der Waals surface area (Å²) in [5, 5.41) is 0.773. The van der Waals surface area contributed by atoms with Crippen molar-refractivity contribution >= 4 is 23.1 Å². The number of carbonyl (C=O) groups is 2. The minimum atomic E-state index is -0.524. The second-order valence-electron chi connectivity index (χ2n) is 5.14. The molecule has 120 valence electrons. The number of esters is 1. The second kappa shape index (κ2) is 7.19. The molecule has 0 aliphatic carbocycles. The fourth-order valence-electron chi connectivity index (χ4n) is 2.26. The van der Waals surface area contributed by atoms with E-state index in [-0.39, 0.29) is 12.4 Å². The van der Waals surface area contributed by atoms with Crippen molar-refractivity contribution in [2.45, 2.75) is 6.92 Å². The van der Waals surface area contributed by atoms with E-state index in [0.29, 0.717) is 16.1 Å². The van der Waals surface area contributed by atoms with Gasteiger partial charge in [0.2, 0.25) is 0 Å². The first-order chi connectivity index (χ1) is 11.6. The highest BCUT2D eigenvalue weighted by Crippen LogP contribution is 2.28. The van der Waals surface area contributed by atoms with Crippen molar-refractivity contribution in [3.05, 3.63) is 76.1 Å². The Morgan fingerprint density at radius 3 is 2.29 bits per heavy atom. The lowest BCUT2D eigenvalue weighted by atomic mass is 10.1. The summed E-state index contributed by atoms with van der Waals surface area (Å²) in [4.78, 5) is 29.3. The zero-order valence-corrected chi connectivity index (χ0v) is 13.9. The summed E-state index contributed by atoms with van der Waals surface area (Å²) in [7, 11) is 0. The molecule has 3 rings (SSSR count). The number of ketones is 1. The number of thiazole rings is 1. The third-order valence-corrected chi connectivity index (χ3v) is 4.35. The third kappa shape index (κ3) is 3.58. The standard InChI is InChI=1S/C19H15NO3S/c1-13-20-17(15-10-6-3-7-11-15)18(24-13)19(22)23-12-16(21)14-8-4-2-5-9-14/h2-11H,12H2,1H3. The molecule has 0 radical (unpaired) electrons. The van der Waals surface area contributed by atoms with Gasteiger partial charge in [0.05, 0.1) is 10.7 Å². The van der Waals surface area contributed by atoms with Crippen LogP contribution < -0.4 is 0 Å². The van der Waals surface area contributed by atoms with Gasteiger partial charge in [-0.1, -0.05) is 60.7 Å². The molecule has 0 unspecified atom stereocenters. The fourth-order valence-corrected chi connectivity index (χ4v) is 3.10. The number of hydrogen-bond donors (Lipinski definition) is 0. The molecular weight excluding hydrogens is 322 g/mol. The van der Waals surface area contributed by atoms with Crippen LogP contribution in [0.25, 0.3) is 11.3 Å². The van der Waals surface area contributed by atoms with Crippen molar-refractivity contribution in [1.82, 2.24) is 4.98 Å². The van der Waals surface area contributed by atoms with Gasteiger partial charge in [-0.2, -0.15) is 0 Å². The van der Waals surface area contributed by atoms with Gasteiger partial charge in [-0.05, 0) is 6.92 Å². The Labute approximate surface area is 143 Å². The number of ether oxygens (including phenoxy) is 1. The highest BCUT2D eigenvalue weighted by molar-refractivity contribution is 7.14. The first-order valence-electron chi connectivity index (χ1n) is 7.43. The van der Waals surface area contributed by atoms with E-state index in [0.717, 1.165) is 10.6 Å². The second-order valence-corrected chi connectivity index (χ2v) is 6.35. The highest BCUT2D eigenvalue weighted by atomic mass is 32.1. The van der Waals surface area contributed by atoms with Gasteiger partial charge < -0.3 is 4.74 Å². The number of carbonyl (C=O) groups excluding carboxylic acids is 2. The SMILES string of the molecule is Cc1nc(-c2ccccc2)c(C(=O)OCC(=O)c2ccccc2)s1. The number of benzene rings is 2. The Hall–Kier alpha value is -2.79. The number of rotatable bonds is 5. The van der Waals surface area contributed by atoms with Gasteiger partial charge in [0.1, 0.15) is 4.88 Å². The van der Waals surface area contributed by atoms with Crippen LogP contribution in [-0.2, 0) is 4.74 Å². The Kier molecular flexibility index (Phi) is 4.82. The van der Waals surface area contributed by atoms with Crippen LogP contribution in [0.1, 0.15) is 25.0 Å². The highest BCUT2D eigenvalue weighted by Gasteiger charge is 2.20. The van der Waals surface area contributed by atoms with Crippen LogP contribution in [0.2, 0.25) is 0 Å². The Bertz CT molecular complexity index is 857. The number of nitrogens with zero attached hydrogens (tertiary/aromatic N) is 1. The van der Waals surface area contributed by atoms with Crippen LogP contribution >= 0.6 is 11.3 Å². The zero-order valence-electron chi connectivity index (χ0n) is 13.1. The number of hydrogen-bond acceptors (Lipinski definition) is 5. The van der Waals surface area contributed by atoms with Gasteiger partial charge in [-0.3, -0.25) is 4.79 Å². The molecular formula is C19H15NO3S. The summed E-state index contributed by atoms with van der Waals surface area (Å²) in [6.45, 7) is 1.55. The summed E-state index contributed by atoms with van der Waals surface area (Å²) in [6, 6.07) is 18.2. The maximum absolute atomic E-state index is 12.4. The minimum absolute atomic E-state index is 0.230. The molecule has 24 heavy (non-hydrogen) atoms. The molecule has 0 saturated carbocycles. The molecule has 0 amide bonds. The van der Waals surface area contributed by atoms with Crippen LogP contribution in [0.15, 0.2) is 60.7 Å². The number of aryl methyl sites for hydroxylation is 1. The molecule has 2 aromatic carbocycles. The normalized spacial score (nSPS) is 10.4. The van der Waals surface area contributed by atoms with Gasteiger partial charge in [0.25, 0.3) is 0 Å². The predicted molar refractivity (Wildman–Crippen MR) is 93.3 cm³/mol. The Balaban J connectivity index is 1.75. The van der Waals surface area contributed by atoms with Gasteiger partial charge in [-0.25, -0.2) is 9.78 Å². The van der Waals surface area contributed by atoms with Crippen molar-refractivity contribution in [3.8, 4) is 11.3 Å². The molecule has 0 aliphatic heterocycles. The average Bonchev–Trinajstić information content (AvgIpc) is 3.03. The largest absolute Gasteiger partial charge is 0.453 e. The summed E-state index contributed by atoms with van der Waals surface area (Å²) >= 11 is 1.27. The fraction of sp³-hybridized carbons (Fsp3) is 0.105. The van der Waals surface area contributed by atoms with Crippen molar-refractivity contribution in [2.75, 3.05) is 6.61 Å². The van der Waals surface area contributed by atoms with Crippen LogP contribution in [0.3, 0.4) is 0 Å². The number of Topliss-reactive ketones (excluding diaryl/α,β-unsaturated/α-hetero) is 1. The Morgan fingerprint density at radius 2 is 1.62 bits per heavy atom. The van der Waals surface area contributed by atoms with Crippen molar-refractivity contribution in [3.63, 3.8) is 0 Å². The van der Waals surface area contributed by atoms with E-state index in [9.17, 15) is 9.59 Å². The molecule has 0 saturated heterocycles. The zero-order chi connectivity index (χ0) is 16.9. The van der Waals surface area contributed by atoms with Crippen LogP contribution in [0.5, 0.6) is 0 Å². The molecule has 0 bridgehead atoms. The number of aromatic nitrogens is 1. The maximum Gasteiger partial charge on any atom is 0.351 e. The van der Waals surface area contributed by atoms with Crippen molar-refractivity contribution in [2.24, 2.45) is 0 Å². The molecule has 4 nitrogen and oxygen atoms in total. The molecule has 0 fully saturated rings. The smallest absolute Gasteiger partial charge is 0.351 e. The van der Waals surface area contributed by atoms with E-state index >= 15 is 0 Å². The summed E-state index contributed by atoms with van der Waals surface area (Å²) in [5.41, 5.74) is 1.97. The molecule has 3 aromatic rings. The molecule has 0 N–H and O–H groups in total. The monoisotopic (exact) mass is 337 g/mol. The van der Waals surface area contributed by atoms with Crippen molar-refractivity contribution in [1.29, 1.82) is 0 Å². The lowest BCUT2D eigenvalue weighted by molar-refractivity contribution is 0.0480. The lowest BCUT2D eigenvalue weighted by Gasteiger charge is -2.05. The van der Waals surface area contributed by atoms with E-state index in [1.807, 2.05) is 43.3 Å². The molecule has 5 heteroatoms. The molecule has 0 spiro atoms. The topological polar surface area (TPSA) is 56.3 Å². The van der Waals surface area contributed by atoms with Crippen molar-refractivity contribution < 1.29 is 14.3 Å². The summed E-state index contributed by atoms with van der Waals surface area (Å²) < 4.78 is 5.20. The quantitative estimate of drug-likeness (QED) is 0.518. The van der Waals surface area contributed by atoms with Gasteiger partial charge in [-0.15, -0.1) is 11.3 Å². The lowest BCUT2D eigenvalue weighted by Crippen LogP contribution is -2.14.